The molecule has 8 nitrogen and oxygen atoms in total. The van der Waals surface area contributed by atoms with E-state index in [4.69, 9.17) is 0 Å². The van der Waals surface area contributed by atoms with Crippen LogP contribution in [0.15, 0.2) is 22.7 Å². The summed E-state index contributed by atoms with van der Waals surface area (Å²) in [6, 6.07) is 4.23. The third-order valence-electron chi connectivity index (χ3n) is 2.69. The fourth-order valence-corrected chi connectivity index (χ4v) is 2.21. The van der Waals surface area contributed by atoms with Gasteiger partial charge in [0.05, 0.1) is 5.69 Å². The lowest BCUT2D eigenvalue weighted by Crippen LogP contribution is -2.15. The van der Waals surface area contributed by atoms with Gasteiger partial charge in [-0.25, -0.2) is 0 Å². The molecule has 0 saturated carbocycles. The maximum absolute atomic E-state index is 12.4. The van der Waals surface area contributed by atoms with Crippen LogP contribution in [0, 0.1) is 17.0 Å². The molecule has 0 radical (unpaired) electrons. The number of aromatic amines is 1. The van der Waals surface area contributed by atoms with E-state index >= 15 is 0 Å². The zero-order chi connectivity index (χ0) is 17.1. The number of nitrogens with one attached hydrogen (secondary N) is 2. The Kier molecular flexibility index (Phi) is 4.89. The first kappa shape index (κ1) is 16.8. The van der Waals surface area contributed by atoms with Gasteiger partial charge >= 0.3 is 12.4 Å². The standard InChI is InChI=1S/C12H9BrF2N4O4/c1-5-2-3-7(23-12(14)15)6(4-5)16-11(20)9-8(13)10(18-17-9)19(21)22/h2-4,12H,1H3,(H,16,20)(H,17,18). The van der Waals surface area contributed by atoms with E-state index in [0.29, 0.717) is 5.56 Å². The number of hydrogen-bond acceptors (Lipinski definition) is 5. The van der Waals surface area contributed by atoms with E-state index in [0.717, 1.165) is 0 Å². The monoisotopic (exact) mass is 390 g/mol. The second kappa shape index (κ2) is 6.69. The number of rotatable bonds is 5. The van der Waals surface area contributed by atoms with Crippen LogP contribution in [0.1, 0.15) is 16.1 Å². The summed E-state index contributed by atoms with van der Waals surface area (Å²) in [7, 11) is 0. The number of anilines is 1. The summed E-state index contributed by atoms with van der Waals surface area (Å²) in [4.78, 5) is 22.1. The first-order valence-corrected chi connectivity index (χ1v) is 6.84. The van der Waals surface area contributed by atoms with Gasteiger partial charge in [-0.1, -0.05) is 11.2 Å². The summed E-state index contributed by atoms with van der Waals surface area (Å²) < 4.78 is 28.9. The minimum atomic E-state index is -3.06. The number of benzene rings is 1. The predicted octanol–water partition coefficient (Wildman–Crippen LogP) is 3.24. The van der Waals surface area contributed by atoms with Crippen LogP contribution in [0.2, 0.25) is 0 Å². The van der Waals surface area contributed by atoms with Crippen LogP contribution in [-0.4, -0.2) is 27.6 Å². The van der Waals surface area contributed by atoms with Gasteiger partial charge in [-0.2, -0.15) is 8.78 Å². The van der Waals surface area contributed by atoms with Gasteiger partial charge in [-0.05, 0) is 45.5 Å². The highest BCUT2D eigenvalue weighted by molar-refractivity contribution is 9.10. The highest BCUT2D eigenvalue weighted by Crippen LogP contribution is 2.30. The second-order valence-corrected chi connectivity index (χ2v) is 5.12. The highest BCUT2D eigenvalue weighted by Gasteiger charge is 2.25. The van der Waals surface area contributed by atoms with Crippen molar-refractivity contribution in [1.82, 2.24) is 10.2 Å². The molecule has 2 N–H and O–H groups in total. The maximum Gasteiger partial charge on any atom is 0.387 e. The van der Waals surface area contributed by atoms with Crippen molar-refractivity contribution in [3.05, 3.63) is 44.0 Å². The van der Waals surface area contributed by atoms with Crippen LogP contribution in [0.5, 0.6) is 5.75 Å². The van der Waals surface area contributed by atoms with Gasteiger partial charge in [-0.15, -0.1) is 5.10 Å². The van der Waals surface area contributed by atoms with Crippen molar-refractivity contribution in [2.24, 2.45) is 0 Å². The number of ether oxygens (including phenoxy) is 1. The van der Waals surface area contributed by atoms with Gasteiger partial charge in [0.25, 0.3) is 5.91 Å². The summed E-state index contributed by atoms with van der Waals surface area (Å²) in [6.07, 6.45) is 0. The first-order valence-electron chi connectivity index (χ1n) is 6.04. The fraction of sp³-hybridized carbons (Fsp3) is 0.167. The molecule has 0 aliphatic carbocycles. The lowest BCUT2D eigenvalue weighted by atomic mass is 10.2. The Morgan fingerprint density at radius 3 is 2.78 bits per heavy atom. The minimum absolute atomic E-state index is 0.00662. The maximum atomic E-state index is 12.4. The number of halogens is 3. The summed E-state index contributed by atoms with van der Waals surface area (Å²) >= 11 is 2.89. The Morgan fingerprint density at radius 1 is 1.52 bits per heavy atom. The molecule has 0 aliphatic heterocycles. The first-order chi connectivity index (χ1) is 10.8. The smallest absolute Gasteiger partial charge is 0.387 e. The third kappa shape index (κ3) is 3.80. The van der Waals surface area contributed by atoms with Crippen molar-refractivity contribution < 1.29 is 23.2 Å². The number of aryl methyl sites for hydroxylation is 1. The Labute approximate surface area is 136 Å². The molecule has 0 spiro atoms. The van der Waals surface area contributed by atoms with Crippen LogP contribution < -0.4 is 10.1 Å². The minimum Gasteiger partial charge on any atom is -0.433 e. The molecule has 0 saturated heterocycles. The summed E-state index contributed by atoms with van der Waals surface area (Å²) in [5.74, 6) is -1.56. The van der Waals surface area contributed by atoms with Crippen molar-refractivity contribution >= 4 is 33.3 Å². The molecule has 0 aliphatic rings. The molecule has 1 aromatic heterocycles. The predicted molar refractivity (Wildman–Crippen MR) is 78.7 cm³/mol. The van der Waals surface area contributed by atoms with Crippen molar-refractivity contribution in [2.75, 3.05) is 5.32 Å². The molecule has 2 aromatic rings. The van der Waals surface area contributed by atoms with E-state index in [1.165, 1.54) is 18.2 Å². The lowest BCUT2D eigenvalue weighted by molar-refractivity contribution is -0.390. The number of amides is 1. The van der Waals surface area contributed by atoms with Crippen LogP contribution in [0.25, 0.3) is 0 Å². The van der Waals surface area contributed by atoms with Crippen LogP contribution >= 0.6 is 15.9 Å². The van der Waals surface area contributed by atoms with Gasteiger partial charge in [0, 0.05) is 0 Å². The number of carbonyl (C=O) groups excluding carboxylic acids is 1. The summed E-state index contributed by atoms with van der Waals surface area (Å²) in [5, 5.41) is 18.7. The molecule has 2 rings (SSSR count). The van der Waals surface area contributed by atoms with Gasteiger partial charge in [0.15, 0.2) is 5.69 Å². The van der Waals surface area contributed by atoms with E-state index in [-0.39, 0.29) is 21.6 Å². The lowest BCUT2D eigenvalue weighted by Gasteiger charge is -2.12. The quantitative estimate of drug-likeness (QED) is 0.601. The Bertz CT molecular complexity index is 766. The second-order valence-electron chi connectivity index (χ2n) is 4.32. The van der Waals surface area contributed by atoms with Crippen LogP contribution in [0.3, 0.4) is 0 Å². The number of hydrogen-bond donors (Lipinski definition) is 2. The Hall–Kier alpha value is -2.56. The summed E-state index contributed by atoms with van der Waals surface area (Å²) in [6.45, 7) is -1.37. The molecule has 0 unspecified atom stereocenters. The molecular formula is C12H9BrF2N4O4. The van der Waals surface area contributed by atoms with E-state index in [1.807, 2.05) is 0 Å². The van der Waals surface area contributed by atoms with E-state index in [2.05, 4.69) is 36.2 Å². The van der Waals surface area contributed by atoms with Gasteiger partial charge in [0.2, 0.25) is 0 Å². The highest BCUT2D eigenvalue weighted by atomic mass is 79.9. The molecule has 1 aromatic carbocycles. The number of nitrogens with zero attached hydrogens (tertiary/aromatic N) is 2. The number of aromatic nitrogens is 2. The van der Waals surface area contributed by atoms with Crippen LogP contribution in [0.4, 0.5) is 20.3 Å². The number of nitro groups is 1. The molecule has 0 bridgehead atoms. The molecule has 11 heteroatoms. The number of alkyl halides is 2. The molecule has 23 heavy (non-hydrogen) atoms. The Morgan fingerprint density at radius 2 is 2.22 bits per heavy atom. The van der Waals surface area contributed by atoms with E-state index < -0.39 is 23.3 Å². The average molecular weight is 391 g/mol. The molecule has 122 valence electrons. The van der Waals surface area contributed by atoms with Crippen LogP contribution in [-0.2, 0) is 0 Å². The zero-order valence-electron chi connectivity index (χ0n) is 11.5. The summed E-state index contributed by atoms with van der Waals surface area (Å²) in [5.41, 5.74) is 0.392. The zero-order valence-corrected chi connectivity index (χ0v) is 13.1. The average Bonchev–Trinajstić information content (AvgIpc) is 2.83. The molecule has 0 atom stereocenters. The van der Waals surface area contributed by atoms with Crippen molar-refractivity contribution in [2.45, 2.75) is 13.5 Å². The van der Waals surface area contributed by atoms with Crippen molar-refractivity contribution in [1.29, 1.82) is 0 Å². The largest absolute Gasteiger partial charge is 0.433 e. The van der Waals surface area contributed by atoms with Crippen molar-refractivity contribution in [3.63, 3.8) is 0 Å². The Balaban J connectivity index is 2.30. The molecule has 1 amide bonds. The molecule has 0 fully saturated rings. The van der Waals surface area contributed by atoms with E-state index in [1.54, 1.807) is 6.92 Å². The molecular weight excluding hydrogens is 382 g/mol. The molecule has 1 heterocycles. The van der Waals surface area contributed by atoms with Gasteiger partial charge < -0.3 is 20.2 Å². The van der Waals surface area contributed by atoms with E-state index in [9.17, 15) is 23.7 Å². The van der Waals surface area contributed by atoms with Gasteiger partial charge in [-0.3, -0.25) is 4.79 Å². The normalized spacial score (nSPS) is 10.7. The topological polar surface area (TPSA) is 110 Å². The third-order valence-corrected chi connectivity index (χ3v) is 3.44. The number of H-pyrrole nitrogens is 1. The SMILES string of the molecule is Cc1ccc(OC(F)F)c(NC(=O)c2n[nH]c([N+](=O)[O-])c2Br)c1. The van der Waals surface area contributed by atoms with Gasteiger partial charge in [0.1, 0.15) is 10.2 Å². The van der Waals surface area contributed by atoms with Crippen molar-refractivity contribution in [3.8, 4) is 5.75 Å². The number of carbonyl (C=O) groups is 1. The fourth-order valence-electron chi connectivity index (χ4n) is 1.71.